The molecule has 1 saturated heterocycles. The lowest BCUT2D eigenvalue weighted by atomic mass is 10.00. The quantitative estimate of drug-likeness (QED) is 0.866. The van der Waals surface area contributed by atoms with Gasteiger partial charge in [0.2, 0.25) is 0 Å². The number of carbonyl (C=O) groups excluding carboxylic acids is 1. The fraction of sp³-hybridized carbons (Fsp3) is 0.429. The molecule has 2 aromatic rings. The summed E-state index contributed by atoms with van der Waals surface area (Å²) in [6, 6.07) is 11.7. The van der Waals surface area contributed by atoms with Gasteiger partial charge in [-0.3, -0.25) is 4.79 Å². The molecule has 1 unspecified atom stereocenters. The Balaban J connectivity index is 1.49. The summed E-state index contributed by atoms with van der Waals surface area (Å²) in [6.45, 7) is 5.00. The van der Waals surface area contributed by atoms with Gasteiger partial charge in [-0.1, -0.05) is 19.1 Å². The molecule has 0 radical (unpaired) electrons. The first-order chi connectivity index (χ1) is 12.7. The molecule has 0 bridgehead atoms. The smallest absolute Gasteiger partial charge is 0.269 e. The molecule has 0 spiro atoms. The molecule has 1 aliphatic rings. The summed E-state index contributed by atoms with van der Waals surface area (Å²) in [5.74, 6) is 1.42. The van der Waals surface area contributed by atoms with Gasteiger partial charge < -0.3 is 15.0 Å². The van der Waals surface area contributed by atoms with E-state index in [0.29, 0.717) is 18.2 Å². The third-order valence-electron chi connectivity index (χ3n) is 4.86. The highest BCUT2D eigenvalue weighted by molar-refractivity contribution is 5.92. The second kappa shape index (κ2) is 8.70. The first kappa shape index (κ1) is 18.2. The first-order valence-electron chi connectivity index (χ1n) is 9.28. The van der Waals surface area contributed by atoms with Gasteiger partial charge in [-0.05, 0) is 55.0 Å². The molecule has 3 rings (SSSR count). The van der Waals surface area contributed by atoms with Crippen molar-refractivity contribution < 1.29 is 9.53 Å². The van der Waals surface area contributed by atoms with Crippen molar-refractivity contribution in [3.05, 3.63) is 53.9 Å². The van der Waals surface area contributed by atoms with Crippen molar-refractivity contribution >= 4 is 11.6 Å². The number of nitrogens with zero attached hydrogens (tertiary/aromatic N) is 2. The second-order valence-corrected chi connectivity index (χ2v) is 6.95. The van der Waals surface area contributed by atoms with Gasteiger partial charge in [0.05, 0.1) is 19.0 Å². The minimum atomic E-state index is -0.128. The number of methoxy groups -OCH3 is 1. The second-order valence-electron chi connectivity index (χ2n) is 6.95. The van der Waals surface area contributed by atoms with Crippen molar-refractivity contribution in [2.75, 3.05) is 31.6 Å². The lowest BCUT2D eigenvalue weighted by Crippen LogP contribution is -2.34. The minimum Gasteiger partial charge on any atom is -0.497 e. The molecule has 1 amide bonds. The van der Waals surface area contributed by atoms with Gasteiger partial charge in [0.1, 0.15) is 11.4 Å². The van der Waals surface area contributed by atoms with E-state index in [9.17, 15) is 4.79 Å². The van der Waals surface area contributed by atoms with Gasteiger partial charge in [0.25, 0.3) is 5.91 Å². The summed E-state index contributed by atoms with van der Waals surface area (Å²) < 4.78 is 5.15. The van der Waals surface area contributed by atoms with Crippen LogP contribution in [0.1, 0.15) is 35.8 Å². The summed E-state index contributed by atoms with van der Waals surface area (Å²) in [5, 5.41) is 2.94. The zero-order valence-electron chi connectivity index (χ0n) is 15.6. The van der Waals surface area contributed by atoms with Crippen LogP contribution in [0.3, 0.4) is 0 Å². The Morgan fingerprint density at radius 1 is 1.27 bits per heavy atom. The summed E-state index contributed by atoms with van der Waals surface area (Å²) in [5.41, 5.74) is 2.73. The largest absolute Gasteiger partial charge is 0.497 e. The number of pyridine rings is 1. The minimum absolute atomic E-state index is 0.128. The number of aromatic nitrogens is 1. The number of ether oxygens (including phenoxy) is 1. The predicted octanol–water partition coefficient (Wildman–Crippen LogP) is 3.30. The molecule has 1 aromatic heterocycles. The van der Waals surface area contributed by atoms with Crippen LogP contribution in [0.2, 0.25) is 0 Å². The summed E-state index contributed by atoms with van der Waals surface area (Å²) >= 11 is 0. The topological polar surface area (TPSA) is 54.5 Å². The molecule has 0 aliphatic carbocycles. The van der Waals surface area contributed by atoms with Crippen molar-refractivity contribution in [1.82, 2.24) is 10.3 Å². The van der Waals surface area contributed by atoms with Crippen LogP contribution >= 0.6 is 0 Å². The third-order valence-corrected chi connectivity index (χ3v) is 4.86. The maximum absolute atomic E-state index is 12.3. The van der Waals surface area contributed by atoms with Crippen LogP contribution in [-0.2, 0) is 6.42 Å². The molecular formula is C21H27N3O2. The van der Waals surface area contributed by atoms with Gasteiger partial charge in [-0.25, -0.2) is 4.98 Å². The van der Waals surface area contributed by atoms with E-state index < -0.39 is 0 Å². The number of carbonyl (C=O) groups is 1. The van der Waals surface area contributed by atoms with Gasteiger partial charge in [0.15, 0.2) is 0 Å². The molecule has 2 heterocycles. The molecule has 5 heteroatoms. The number of amides is 1. The van der Waals surface area contributed by atoms with Crippen LogP contribution in [0.4, 0.5) is 5.69 Å². The summed E-state index contributed by atoms with van der Waals surface area (Å²) in [4.78, 5) is 19.0. The third kappa shape index (κ3) is 4.75. The Hall–Kier alpha value is -2.56. The molecule has 138 valence electrons. The van der Waals surface area contributed by atoms with E-state index in [-0.39, 0.29) is 5.91 Å². The Morgan fingerprint density at radius 2 is 2.08 bits per heavy atom. The van der Waals surface area contributed by atoms with Crippen molar-refractivity contribution in [3.63, 3.8) is 0 Å². The Kier molecular flexibility index (Phi) is 6.10. The highest BCUT2D eigenvalue weighted by atomic mass is 16.5. The van der Waals surface area contributed by atoms with Crippen molar-refractivity contribution in [2.45, 2.75) is 26.2 Å². The Morgan fingerprint density at radius 3 is 2.73 bits per heavy atom. The number of hydrogen-bond acceptors (Lipinski definition) is 4. The van der Waals surface area contributed by atoms with E-state index in [0.717, 1.165) is 36.5 Å². The zero-order valence-corrected chi connectivity index (χ0v) is 15.6. The molecule has 1 fully saturated rings. The van der Waals surface area contributed by atoms with E-state index in [1.807, 2.05) is 42.6 Å². The number of nitrogens with one attached hydrogen (secondary N) is 1. The SMILES string of the molecule is COc1ccc(CCNC(=O)c2ccc(N3CCCC(C)C3)cn2)cc1. The standard InChI is InChI=1S/C21H27N3O2/c1-16-4-3-13-24(15-16)18-7-10-20(23-14-18)21(25)22-12-11-17-5-8-19(26-2)9-6-17/h5-10,14,16H,3-4,11-13,15H2,1-2H3,(H,22,25). The molecule has 1 aliphatic heterocycles. The van der Waals surface area contributed by atoms with Gasteiger partial charge in [0, 0.05) is 19.6 Å². The summed E-state index contributed by atoms with van der Waals surface area (Å²) in [6.07, 6.45) is 5.10. The van der Waals surface area contributed by atoms with Gasteiger partial charge in [-0.2, -0.15) is 0 Å². The lowest BCUT2D eigenvalue weighted by Gasteiger charge is -2.32. The fourth-order valence-electron chi connectivity index (χ4n) is 3.33. The van der Waals surface area contributed by atoms with Gasteiger partial charge >= 0.3 is 0 Å². The van der Waals surface area contributed by atoms with E-state index in [2.05, 4.69) is 22.1 Å². The highest BCUT2D eigenvalue weighted by Gasteiger charge is 2.17. The normalized spacial score (nSPS) is 17.0. The monoisotopic (exact) mass is 353 g/mol. The number of rotatable bonds is 6. The molecule has 5 nitrogen and oxygen atoms in total. The predicted molar refractivity (Wildman–Crippen MR) is 104 cm³/mol. The van der Waals surface area contributed by atoms with Crippen LogP contribution in [0.15, 0.2) is 42.6 Å². The molecule has 26 heavy (non-hydrogen) atoms. The van der Waals surface area contributed by atoms with Crippen molar-refractivity contribution in [3.8, 4) is 5.75 Å². The van der Waals surface area contributed by atoms with Crippen molar-refractivity contribution in [1.29, 1.82) is 0 Å². The number of anilines is 1. The summed E-state index contributed by atoms with van der Waals surface area (Å²) in [7, 11) is 1.65. The molecule has 1 atom stereocenters. The number of piperidine rings is 1. The maximum atomic E-state index is 12.3. The van der Waals surface area contributed by atoms with Crippen LogP contribution in [0.5, 0.6) is 5.75 Å². The zero-order chi connectivity index (χ0) is 18.4. The molecule has 1 N–H and O–H groups in total. The first-order valence-corrected chi connectivity index (χ1v) is 9.28. The average Bonchev–Trinajstić information content (AvgIpc) is 2.68. The van der Waals surface area contributed by atoms with E-state index in [1.165, 1.54) is 12.8 Å². The van der Waals surface area contributed by atoms with E-state index >= 15 is 0 Å². The maximum Gasteiger partial charge on any atom is 0.269 e. The van der Waals surface area contributed by atoms with E-state index in [1.54, 1.807) is 7.11 Å². The average molecular weight is 353 g/mol. The fourth-order valence-corrected chi connectivity index (χ4v) is 3.33. The van der Waals surface area contributed by atoms with E-state index in [4.69, 9.17) is 4.74 Å². The highest BCUT2D eigenvalue weighted by Crippen LogP contribution is 2.22. The molecular weight excluding hydrogens is 326 g/mol. The lowest BCUT2D eigenvalue weighted by molar-refractivity contribution is 0.0949. The van der Waals surface area contributed by atoms with Crippen LogP contribution in [0, 0.1) is 5.92 Å². The Bertz CT molecular complexity index is 713. The van der Waals surface area contributed by atoms with Crippen LogP contribution < -0.4 is 15.0 Å². The van der Waals surface area contributed by atoms with Crippen molar-refractivity contribution in [2.24, 2.45) is 5.92 Å². The van der Waals surface area contributed by atoms with Crippen LogP contribution in [0.25, 0.3) is 0 Å². The Labute approximate surface area is 155 Å². The molecule has 0 saturated carbocycles. The number of benzene rings is 1. The number of hydrogen-bond donors (Lipinski definition) is 1. The molecule has 1 aromatic carbocycles. The van der Waals surface area contributed by atoms with Crippen LogP contribution in [-0.4, -0.2) is 37.6 Å². The van der Waals surface area contributed by atoms with Gasteiger partial charge in [-0.15, -0.1) is 0 Å².